The molecule has 2 aromatic carbocycles. The van der Waals surface area contributed by atoms with Gasteiger partial charge in [0, 0.05) is 22.7 Å². The summed E-state index contributed by atoms with van der Waals surface area (Å²) in [4.78, 5) is 12.7. The summed E-state index contributed by atoms with van der Waals surface area (Å²) in [5.41, 5.74) is 1.90. The number of carbonyl (C=O) groups is 1. The quantitative estimate of drug-likeness (QED) is 0.760. The van der Waals surface area contributed by atoms with Crippen molar-refractivity contribution in [3.8, 4) is 11.5 Å². The lowest BCUT2D eigenvalue weighted by Crippen LogP contribution is -2.62. The van der Waals surface area contributed by atoms with Crippen LogP contribution in [-0.4, -0.2) is 23.0 Å². The number of nitrogens with one attached hydrogen (secondary N) is 2. The van der Waals surface area contributed by atoms with Crippen LogP contribution in [0, 0.1) is 0 Å². The summed E-state index contributed by atoms with van der Waals surface area (Å²) >= 11 is 0. The van der Waals surface area contributed by atoms with Gasteiger partial charge in [-0.2, -0.15) is 0 Å². The van der Waals surface area contributed by atoms with Crippen molar-refractivity contribution in [3.05, 3.63) is 59.7 Å². The van der Waals surface area contributed by atoms with Gasteiger partial charge in [-0.25, -0.2) is 0 Å². The van der Waals surface area contributed by atoms with Gasteiger partial charge in [0.05, 0.1) is 0 Å². The van der Waals surface area contributed by atoms with E-state index in [0.717, 1.165) is 30.8 Å². The van der Waals surface area contributed by atoms with Crippen LogP contribution >= 0.6 is 0 Å². The second-order valence-corrected chi connectivity index (χ2v) is 9.10. The van der Waals surface area contributed by atoms with Crippen molar-refractivity contribution in [2.45, 2.75) is 71.0 Å². The Labute approximate surface area is 168 Å². The van der Waals surface area contributed by atoms with E-state index < -0.39 is 0 Å². The van der Waals surface area contributed by atoms with Gasteiger partial charge in [0.15, 0.2) is 0 Å². The van der Waals surface area contributed by atoms with Crippen molar-refractivity contribution in [2.75, 3.05) is 0 Å². The zero-order valence-corrected chi connectivity index (χ0v) is 17.6. The molecule has 1 fully saturated rings. The Morgan fingerprint density at radius 2 is 1.68 bits per heavy atom. The molecule has 0 spiro atoms. The average Bonchev–Trinajstić information content (AvgIpc) is 2.59. The fraction of sp³-hybridized carbons (Fsp3) is 0.458. The van der Waals surface area contributed by atoms with Crippen molar-refractivity contribution in [3.63, 3.8) is 0 Å². The van der Waals surface area contributed by atoms with Crippen LogP contribution < -0.4 is 15.4 Å². The van der Waals surface area contributed by atoms with Crippen molar-refractivity contribution in [1.29, 1.82) is 0 Å². The SMILES string of the molecule is CCc1cccc(Oc2ccc(C(=O)NC3CC(C)(C)NC(C)(C)C3)cc2)c1. The van der Waals surface area contributed by atoms with E-state index in [1.807, 2.05) is 42.5 Å². The van der Waals surface area contributed by atoms with Crippen LogP contribution in [0.15, 0.2) is 48.5 Å². The fourth-order valence-corrected chi connectivity index (χ4v) is 4.33. The van der Waals surface area contributed by atoms with Gasteiger partial charge in [0.1, 0.15) is 11.5 Å². The van der Waals surface area contributed by atoms with Crippen molar-refractivity contribution in [1.82, 2.24) is 10.6 Å². The van der Waals surface area contributed by atoms with Crippen molar-refractivity contribution >= 4 is 5.91 Å². The van der Waals surface area contributed by atoms with Crippen LogP contribution in [0.5, 0.6) is 11.5 Å². The number of amides is 1. The second kappa shape index (κ2) is 7.96. The maximum Gasteiger partial charge on any atom is 0.251 e. The molecule has 0 bridgehead atoms. The highest BCUT2D eigenvalue weighted by Gasteiger charge is 2.38. The third-order valence-electron chi connectivity index (χ3n) is 5.18. The highest BCUT2D eigenvalue weighted by molar-refractivity contribution is 5.94. The van der Waals surface area contributed by atoms with Crippen LogP contribution in [0.3, 0.4) is 0 Å². The number of carbonyl (C=O) groups excluding carboxylic acids is 1. The molecule has 0 radical (unpaired) electrons. The number of hydrogen-bond donors (Lipinski definition) is 2. The molecule has 4 nitrogen and oxygen atoms in total. The molecule has 2 N–H and O–H groups in total. The van der Waals surface area contributed by atoms with Gasteiger partial charge in [-0.1, -0.05) is 19.1 Å². The number of hydrogen-bond acceptors (Lipinski definition) is 3. The monoisotopic (exact) mass is 380 g/mol. The predicted octanol–water partition coefficient (Wildman–Crippen LogP) is 5.08. The van der Waals surface area contributed by atoms with E-state index >= 15 is 0 Å². The Balaban J connectivity index is 1.63. The van der Waals surface area contributed by atoms with E-state index in [1.54, 1.807) is 0 Å². The van der Waals surface area contributed by atoms with Gasteiger partial charge in [-0.05, 0) is 88.9 Å². The van der Waals surface area contributed by atoms with Gasteiger partial charge in [0.25, 0.3) is 5.91 Å². The lowest BCUT2D eigenvalue weighted by molar-refractivity contribution is 0.0873. The Hall–Kier alpha value is -2.33. The summed E-state index contributed by atoms with van der Waals surface area (Å²) in [7, 11) is 0. The fourth-order valence-electron chi connectivity index (χ4n) is 4.33. The van der Waals surface area contributed by atoms with Crippen LogP contribution in [0.4, 0.5) is 0 Å². The zero-order chi connectivity index (χ0) is 20.4. The summed E-state index contributed by atoms with van der Waals surface area (Å²) in [5, 5.41) is 6.86. The van der Waals surface area contributed by atoms with E-state index in [9.17, 15) is 4.79 Å². The molecule has 150 valence electrons. The maximum atomic E-state index is 12.7. The lowest BCUT2D eigenvalue weighted by atomic mass is 9.79. The molecular formula is C24H32N2O2. The number of benzene rings is 2. The molecule has 0 aliphatic carbocycles. The van der Waals surface area contributed by atoms with E-state index in [2.05, 4.69) is 51.3 Å². The molecule has 2 aromatic rings. The van der Waals surface area contributed by atoms with Gasteiger partial charge in [0.2, 0.25) is 0 Å². The summed E-state index contributed by atoms with van der Waals surface area (Å²) < 4.78 is 5.92. The van der Waals surface area contributed by atoms with E-state index in [4.69, 9.17) is 4.74 Å². The molecule has 0 aromatic heterocycles. The molecular weight excluding hydrogens is 348 g/mol. The summed E-state index contributed by atoms with van der Waals surface area (Å²) in [6, 6.07) is 15.6. The van der Waals surface area contributed by atoms with Gasteiger partial charge in [-0.15, -0.1) is 0 Å². The first-order valence-corrected chi connectivity index (χ1v) is 10.1. The lowest BCUT2D eigenvalue weighted by Gasteiger charge is -2.46. The van der Waals surface area contributed by atoms with E-state index in [0.29, 0.717) is 5.56 Å². The largest absolute Gasteiger partial charge is 0.457 e. The molecule has 1 amide bonds. The smallest absolute Gasteiger partial charge is 0.251 e. The molecule has 3 rings (SSSR count). The number of rotatable bonds is 5. The summed E-state index contributed by atoms with van der Waals surface area (Å²) in [6.45, 7) is 10.9. The molecule has 1 aliphatic heterocycles. The Bertz CT molecular complexity index is 809. The Kier molecular flexibility index (Phi) is 5.80. The summed E-state index contributed by atoms with van der Waals surface area (Å²) in [5.74, 6) is 1.52. The third kappa shape index (κ3) is 5.35. The topological polar surface area (TPSA) is 50.4 Å². The summed E-state index contributed by atoms with van der Waals surface area (Å²) in [6.07, 6.45) is 2.80. The molecule has 0 saturated carbocycles. The minimum absolute atomic E-state index is 0.00439. The number of aryl methyl sites for hydroxylation is 1. The van der Waals surface area contributed by atoms with Crippen LogP contribution in [0.25, 0.3) is 0 Å². The van der Waals surface area contributed by atoms with Crippen LogP contribution in [-0.2, 0) is 6.42 Å². The van der Waals surface area contributed by atoms with E-state index in [1.165, 1.54) is 5.56 Å². The second-order valence-electron chi connectivity index (χ2n) is 9.10. The Morgan fingerprint density at radius 3 is 2.29 bits per heavy atom. The maximum absolute atomic E-state index is 12.7. The Morgan fingerprint density at radius 1 is 1.04 bits per heavy atom. The molecule has 4 heteroatoms. The van der Waals surface area contributed by atoms with Crippen LogP contribution in [0.2, 0.25) is 0 Å². The molecule has 28 heavy (non-hydrogen) atoms. The highest BCUT2D eigenvalue weighted by Crippen LogP contribution is 2.29. The first-order valence-electron chi connectivity index (χ1n) is 10.1. The average molecular weight is 381 g/mol. The minimum Gasteiger partial charge on any atom is -0.457 e. The molecule has 1 saturated heterocycles. The van der Waals surface area contributed by atoms with Gasteiger partial charge < -0.3 is 15.4 Å². The predicted molar refractivity (Wildman–Crippen MR) is 114 cm³/mol. The normalized spacial score (nSPS) is 18.5. The minimum atomic E-state index is -0.0296. The number of ether oxygens (including phenoxy) is 1. The van der Waals surface area contributed by atoms with Crippen molar-refractivity contribution in [2.24, 2.45) is 0 Å². The third-order valence-corrected chi connectivity index (χ3v) is 5.18. The number of piperidine rings is 1. The molecule has 1 heterocycles. The van der Waals surface area contributed by atoms with E-state index in [-0.39, 0.29) is 23.0 Å². The first kappa shape index (κ1) is 20.4. The standard InChI is InChI=1S/C24H32N2O2/c1-6-17-8-7-9-21(14-17)28-20-12-10-18(11-13-20)22(27)25-19-15-23(2,3)26-24(4,5)16-19/h7-14,19,26H,6,15-16H2,1-5H3,(H,25,27). The molecule has 0 unspecified atom stereocenters. The van der Waals surface area contributed by atoms with Crippen molar-refractivity contribution < 1.29 is 9.53 Å². The van der Waals surface area contributed by atoms with Gasteiger partial charge >= 0.3 is 0 Å². The molecule has 0 atom stereocenters. The highest BCUT2D eigenvalue weighted by atomic mass is 16.5. The molecule has 1 aliphatic rings. The van der Waals surface area contributed by atoms with Gasteiger partial charge in [-0.3, -0.25) is 4.79 Å². The first-order chi connectivity index (χ1) is 13.2. The van der Waals surface area contributed by atoms with Crippen LogP contribution in [0.1, 0.15) is 63.4 Å². The zero-order valence-electron chi connectivity index (χ0n) is 17.6.